The van der Waals surface area contributed by atoms with E-state index in [1.165, 1.54) is 37.6 Å². The maximum atomic E-state index is 12.7. The predicted molar refractivity (Wildman–Crippen MR) is 125 cm³/mol. The number of ether oxygens (including phenoxy) is 1. The second kappa shape index (κ2) is 10.6. The van der Waals surface area contributed by atoms with Crippen molar-refractivity contribution in [3.05, 3.63) is 83.4 Å². The molecular formula is C24H22N4O5. The summed E-state index contributed by atoms with van der Waals surface area (Å²) >= 11 is 0. The van der Waals surface area contributed by atoms with Gasteiger partial charge in [0.1, 0.15) is 11.5 Å². The molecular weight excluding hydrogens is 424 g/mol. The van der Waals surface area contributed by atoms with Crippen LogP contribution in [0.15, 0.2) is 71.8 Å². The largest absolute Gasteiger partial charge is 0.507 e. The molecule has 0 saturated heterocycles. The molecule has 0 saturated carbocycles. The summed E-state index contributed by atoms with van der Waals surface area (Å²) in [6, 6.07) is 18.0. The van der Waals surface area contributed by atoms with Crippen molar-refractivity contribution in [2.24, 2.45) is 5.10 Å². The van der Waals surface area contributed by atoms with Crippen molar-refractivity contribution in [1.82, 2.24) is 5.43 Å². The lowest BCUT2D eigenvalue weighted by molar-refractivity contribution is -0.136. The van der Waals surface area contributed by atoms with E-state index in [2.05, 4.69) is 21.2 Å². The first-order valence-corrected chi connectivity index (χ1v) is 9.86. The van der Waals surface area contributed by atoms with E-state index in [1.54, 1.807) is 30.3 Å². The molecule has 4 N–H and O–H groups in total. The first kappa shape index (κ1) is 23.0. The van der Waals surface area contributed by atoms with E-state index in [0.717, 1.165) is 5.56 Å². The fraction of sp³-hybridized carbons (Fsp3) is 0.0833. The van der Waals surface area contributed by atoms with Crippen molar-refractivity contribution >= 4 is 35.3 Å². The smallest absolute Gasteiger partial charge is 0.329 e. The minimum Gasteiger partial charge on any atom is -0.507 e. The minimum absolute atomic E-state index is 0.0771. The Labute approximate surface area is 190 Å². The molecule has 0 heterocycles. The van der Waals surface area contributed by atoms with Gasteiger partial charge in [0.05, 0.1) is 24.6 Å². The van der Waals surface area contributed by atoms with Crippen molar-refractivity contribution < 1.29 is 24.2 Å². The van der Waals surface area contributed by atoms with E-state index in [0.29, 0.717) is 11.4 Å². The summed E-state index contributed by atoms with van der Waals surface area (Å²) in [5.74, 6) is -2.10. The molecule has 0 aliphatic rings. The molecule has 0 radical (unpaired) electrons. The number of aryl methyl sites for hydroxylation is 1. The lowest BCUT2D eigenvalue weighted by Gasteiger charge is -2.11. The van der Waals surface area contributed by atoms with Crippen molar-refractivity contribution in [3.8, 4) is 11.5 Å². The van der Waals surface area contributed by atoms with Crippen LogP contribution in [0.4, 0.5) is 11.4 Å². The molecule has 0 atom stereocenters. The summed E-state index contributed by atoms with van der Waals surface area (Å²) in [5.41, 5.74) is 4.36. The first-order valence-electron chi connectivity index (χ1n) is 9.86. The van der Waals surface area contributed by atoms with Gasteiger partial charge in [-0.05, 0) is 49.4 Å². The van der Waals surface area contributed by atoms with Gasteiger partial charge in [-0.1, -0.05) is 29.8 Å². The standard InChI is InChI=1S/C24H22N4O5/c1-15-7-9-17(10-8-15)26-22(30)19-5-3-4-6-20(19)27-23(31)24(32)28-25-14-16-13-18(33-2)11-12-21(16)29/h3-14,29H,1-2H3,(H,26,30)(H,27,31)(H,28,32)/b25-14+. The number of amides is 3. The van der Waals surface area contributed by atoms with Crippen LogP contribution >= 0.6 is 0 Å². The number of rotatable bonds is 6. The Morgan fingerprint density at radius 3 is 2.39 bits per heavy atom. The van der Waals surface area contributed by atoms with Crippen LogP contribution in [0.2, 0.25) is 0 Å². The highest BCUT2D eigenvalue weighted by Crippen LogP contribution is 2.21. The fourth-order valence-electron chi connectivity index (χ4n) is 2.78. The Kier molecular flexibility index (Phi) is 7.38. The molecule has 3 aromatic carbocycles. The van der Waals surface area contributed by atoms with E-state index >= 15 is 0 Å². The number of nitrogens with one attached hydrogen (secondary N) is 3. The van der Waals surface area contributed by atoms with Crippen LogP contribution in [0.3, 0.4) is 0 Å². The second-order valence-electron chi connectivity index (χ2n) is 6.94. The highest BCUT2D eigenvalue weighted by molar-refractivity contribution is 6.40. The number of aromatic hydroxyl groups is 1. The average molecular weight is 446 g/mol. The van der Waals surface area contributed by atoms with Gasteiger partial charge in [0, 0.05) is 11.3 Å². The molecule has 9 heteroatoms. The summed E-state index contributed by atoms with van der Waals surface area (Å²) in [6.45, 7) is 1.94. The van der Waals surface area contributed by atoms with Crippen molar-refractivity contribution in [3.63, 3.8) is 0 Å². The monoisotopic (exact) mass is 446 g/mol. The Bertz CT molecular complexity index is 1210. The number of hydrogen-bond donors (Lipinski definition) is 4. The predicted octanol–water partition coefficient (Wildman–Crippen LogP) is 3.05. The lowest BCUT2D eigenvalue weighted by atomic mass is 10.1. The first-order chi connectivity index (χ1) is 15.9. The van der Waals surface area contributed by atoms with Crippen LogP contribution in [0.5, 0.6) is 11.5 Å². The zero-order valence-electron chi connectivity index (χ0n) is 18.0. The van der Waals surface area contributed by atoms with Gasteiger partial charge in [-0.2, -0.15) is 5.10 Å². The third-order valence-electron chi connectivity index (χ3n) is 4.54. The Balaban J connectivity index is 1.64. The molecule has 3 aromatic rings. The zero-order valence-corrected chi connectivity index (χ0v) is 18.0. The SMILES string of the molecule is COc1ccc(O)c(/C=N/NC(=O)C(=O)Nc2ccccc2C(=O)Nc2ccc(C)cc2)c1. The van der Waals surface area contributed by atoms with E-state index in [4.69, 9.17) is 4.74 Å². The molecule has 9 nitrogen and oxygen atoms in total. The number of benzene rings is 3. The molecule has 0 aliphatic carbocycles. The summed E-state index contributed by atoms with van der Waals surface area (Å²) in [5, 5.41) is 18.7. The highest BCUT2D eigenvalue weighted by atomic mass is 16.5. The molecule has 33 heavy (non-hydrogen) atoms. The van der Waals surface area contributed by atoms with E-state index in [-0.39, 0.29) is 22.6 Å². The molecule has 3 rings (SSSR count). The molecule has 0 unspecified atom stereocenters. The van der Waals surface area contributed by atoms with Gasteiger partial charge < -0.3 is 20.5 Å². The number of carbonyl (C=O) groups is 3. The number of carbonyl (C=O) groups excluding carboxylic acids is 3. The normalized spacial score (nSPS) is 10.5. The van der Waals surface area contributed by atoms with Gasteiger partial charge in [0.2, 0.25) is 0 Å². The number of para-hydroxylation sites is 1. The second-order valence-corrected chi connectivity index (χ2v) is 6.94. The summed E-state index contributed by atoms with van der Waals surface area (Å²) in [6.07, 6.45) is 1.17. The maximum Gasteiger partial charge on any atom is 0.329 e. The van der Waals surface area contributed by atoms with Gasteiger partial charge in [-0.25, -0.2) is 5.43 Å². The Morgan fingerprint density at radius 1 is 0.939 bits per heavy atom. The Hall–Kier alpha value is -4.66. The van der Waals surface area contributed by atoms with E-state index in [1.807, 2.05) is 19.1 Å². The highest BCUT2D eigenvalue weighted by Gasteiger charge is 2.18. The summed E-state index contributed by atoms with van der Waals surface area (Å²) in [7, 11) is 1.47. The minimum atomic E-state index is -1.05. The summed E-state index contributed by atoms with van der Waals surface area (Å²) in [4.78, 5) is 37.1. The quantitative estimate of drug-likeness (QED) is 0.263. The van der Waals surface area contributed by atoms with Gasteiger partial charge in [0.15, 0.2) is 0 Å². The third-order valence-corrected chi connectivity index (χ3v) is 4.54. The van der Waals surface area contributed by atoms with Gasteiger partial charge in [-0.15, -0.1) is 0 Å². The van der Waals surface area contributed by atoms with Crippen molar-refractivity contribution in [2.45, 2.75) is 6.92 Å². The molecule has 0 aliphatic heterocycles. The number of phenols is 1. The van der Waals surface area contributed by atoms with Crippen LogP contribution in [-0.2, 0) is 9.59 Å². The number of nitrogens with zero attached hydrogens (tertiary/aromatic N) is 1. The molecule has 0 aromatic heterocycles. The molecule has 3 amide bonds. The van der Waals surface area contributed by atoms with Crippen molar-refractivity contribution in [2.75, 3.05) is 17.7 Å². The van der Waals surface area contributed by atoms with Gasteiger partial charge in [-0.3, -0.25) is 14.4 Å². The number of anilines is 2. The third kappa shape index (κ3) is 6.17. The van der Waals surface area contributed by atoms with Crippen LogP contribution in [-0.4, -0.2) is 36.2 Å². The van der Waals surface area contributed by atoms with Crippen LogP contribution < -0.4 is 20.8 Å². The maximum absolute atomic E-state index is 12.7. The molecule has 0 fully saturated rings. The van der Waals surface area contributed by atoms with Crippen LogP contribution in [0.25, 0.3) is 0 Å². The Morgan fingerprint density at radius 2 is 1.67 bits per heavy atom. The number of phenolic OH excluding ortho intramolecular Hbond substituents is 1. The number of methoxy groups -OCH3 is 1. The van der Waals surface area contributed by atoms with Crippen molar-refractivity contribution in [1.29, 1.82) is 0 Å². The molecule has 168 valence electrons. The molecule has 0 spiro atoms. The van der Waals surface area contributed by atoms with E-state index in [9.17, 15) is 19.5 Å². The average Bonchev–Trinajstić information content (AvgIpc) is 2.82. The number of hydrogen-bond acceptors (Lipinski definition) is 6. The van der Waals surface area contributed by atoms with Gasteiger partial charge >= 0.3 is 11.8 Å². The van der Waals surface area contributed by atoms with E-state index < -0.39 is 17.7 Å². The topological polar surface area (TPSA) is 129 Å². The lowest BCUT2D eigenvalue weighted by Crippen LogP contribution is -2.33. The summed E-state index contributed by atoms with van der Waals surface area (Å²) < 4.78 is 5.06. The zero-order chi connectivity index (χ0) is 23.8. The van der Waals surface area contributed by atoms with Crippen LogP contribution in [0, 0.1) is 6.92 Å². The fourth-order valence-corrected chi connectivity index (χ4v) is 2.78. The molecule has 0 bridgehead atoms. The number of hydrazone groups is 1. The van der Waals surface area contributed by atoms with Crippen LogP contribution in [0.1, 0.15) is 21.5 Å². The van der Waals surface area contributed by atoms with Gasteiger partial charge in [0.25, 0.3) is 5.91 Å².